The quantitative estimate of drug-likeness (QED) is 0.875. The summed E-state index contributed by atoms with van der Waals surface area (Å²) in [5.41, 5.74) is 1.07. The molecule has 3 aliphatic heterocycles. The van der Waals surface area contributed by atoms with Crippen molar-refractivity contribution in [3.05, 3.63) is 34.5 Å². The number of carbonyl (C=O) groups is 1. The second kappa shape index (κ2) is 5.29. The zero-order valence-corrected chi connectivity index (χ0v) is 15.6. The molecule has 1 atom stereocenters. The fourth-order valence-corrected chi connectivity index (χ4v) is 6.45. The Bertz CT molecular complexity index is 906. The summed E-state index contributed by atoms with van der Waals surface area (Å²) in [6.07, 6.45) is 6.98. The molecule has 136 valence electrons. The van der Waals surface area contributed by atoms with Crippen LogP contribution in [0.25, 0.3) is 10.1 Å². The van der Waals surface area contributed by atoms with E-state index in [0.29, 0.717) is 21.4 Å². The van der Waals surface area contributed by atoms with Crippen molar-refractivity contribution < 1.29 is 9.18 Å². The first-order chi connectivity index (χ1) is 12.7. The summed E-state index contributed by atoms with van der Waals surface area (Å²) < 4.78 is 15.5. The van der Waals surface area contributed by atoms with E-state index in [1.54, 1.807) is 0 Å². The van der Waals surface area contributed by atoms with Gasteiger partial charge in [-0.1, -0.05) is 12.1 Å². The highest BCUT2D eigenvalue weighted by atomic mass is 32.1. The second-order valence-electron chi connectivity index (χ2n) is 8.65. The van der Waals surface area contributed by atoms with Crippen molar-refractivity contribution in [1.29, 1.82) is 0 Å². The normalized spacial score (nSPS) is 31.5. The number of nitrogens with one attached hydrogen (secondary N) is 1. The molecule has 3 nitrogen and oxygen atoms in total. The van der Waals surface area contributed by atoms with Crippen molar-refractivity contribution in [2.24, 2.45) is 5.92 Å². The number of amides is 1. The van der Waals surface area contributed by atoms with Crippen molar-refractivity contribution in [2.45, 2.75) is 56.0 Å². The molecule has 0 unspecified atom stereocenters. The predicted octanol–water partition coefficient (Wildman–Crippen LogP) is 4.27. The maximum Gasteiger partial charge on any atom is 0.261 e. The van der Waals surface area contributed by atoms with Crippen molar-refractivity contribution in [2.75, 3.05) is 13.1 Å². The Morgan fingerprint density at radius 3 is 2.65 bits per heavy atom. The molecule has 1 spiro atoms. The Kier molecular flexibility index (Phi) is 3.17. The standard InChI is InChI=1S/C21H23FN2OS/c22-17-15(12-1-2-12)4-3-14-11-16(26-18(14)17)20(25)23-19-13-5-9-24(10-6-13)21(19)7-8-21/h3-4,11-13,19H,1-2,5-10H2,(H,23,25)/t19-/m0/s1. The van der Waals surface area contributed by atoms with Crippen molar-refractivity contribution in [1.82, 2.24) is 10.2 Å². The van der Waals surface area contributed by atoms with Crippen molar-refractivity contribution >= 4 is 27.3 Å². The third-order valence-electron chi connectivity index (χ3n) is 7.17. The first-order valence-electron chi connectivity index (χ1n) is 9.93. The zero-order chi connectivity index (χ0) is 17.5. The molecule has 0 radical (unpaired) electrons. The first kappa shape index (κ1) is 15.6. The minimum Gasteiger partial charge on any atom is -0.346 e. The van der Waals surface area contributed by atoms with Crippen LogP contribution >= 0.6 is 11.3 Å². The van der Waals surface area contributed by atoms with Crippen LogP contribution in [0.2, 0.25) is 0 Å². The molecule has 26 heavy (non-hydrogen) atoms. The van der Waals surface area contributed by atoms with E-state index in [9.17, 15) is 9.18 Å². The Hall–Kier alpha value is -1.46. The van der Waals surface area contributed by atoms with E-state index in [1.165, 1.54) is 50.1 Å². The van der Waals surface area contributed by atoms with Gasteiger partial charge in [0.15, 0.2) is 0 Å². The van der Waals surface area contributed by atoms with E-state index in [2.05, 4.69) is 10.2 Å². The van der Waals surface area contributed by atoms with Crippen LogP contribution in [-0.4, -0.2) is 35.5 Å². The third-order valence-corrected chi connectivity index (χ3v) is 8.31. The lowest BCUT2D eigenvalue weighted by Crippen LogP contribution is -2.65. The van der Waals surface area contributed by atoms with Gasteiger partial charge >= 0.3 is 0 Å². The van der Waals surface area contributed by atoms with Crippen LogP contribution in [0.5, 0.6) is 0 Å². The molecular formula is C21H23FN2OS. The number of carbonyl (C=O) groups excluding carboxylic acids is 1. The molecule has 5 aliphatic rings. The average Bonchev–Trinajstić information content (AvgIpc) is 3.58. The van der Waals surface area contributed by atoms with Gasteiger partial charge in [0.1, 0.15) is 5.82 Å². The van der Waals surface area contributed by atoms with Crippen LogP contribution in [0.1, 0.15) is 59.7 Å². The number of benzene rings is 1. The van der Waals surface area contributed by atoms with Gasteiger partial charge in [-0.2, -0.15) is 0 Å². The molecule has 2 aromatic rings. The summed E-state index contributed by atoms with van der Waals surface area (Å²) in [7, 11) is 0. The molecule has 4 heterocycles. The highest BCUT2D eigenvalue weighted by molar-refractivity contribution is 7.20. The largest absolute Gasteiger partial charge is 0.346 e. The Morgan fingerprint density at radius 1 is 1.19 bits per heavy atom. The molecule has 1 N–H and O–H groups in total. The van der Waals surface area contributed by atoms with Gasteiger partial charge in [-0.25, -0.2) is 4.39 Å². The monoisotopic (exact) mass is 370 g/mol. The number of nitrogens with zero attached hydrogens (tertiary/aromatic N) is 1. The molecule has 2 saturated carbocycles. The van der Waals surface area contributed by atoms with Gasteiger partial charge in [0.25, 0.3) is 5.91 Å². The smallest absolute Gasteiger partial charge is 0.261 e. The molecule has 1 aromatic carbocycles. The van der Waals surface area contributed by atoms with Crippen molar-refractivity contribution in [3.63, 3.8) is 0 Å². The maximum atomic E-state index is 14.8. The lowest BCUT2D eigenvalue weighted by Gasteiger charge is -2.52. The summed E-state index contributed by atoms with van der Waals surface area (Å²) in [5.74, 6) is 0.888. The number of thiophene rings is 1. The molecule has 5 fully saturated rings. The zero-order valence-electron chi connectivity index (χ0n) is 14.8. The van der Waals surface area contributed by atoms with E-state index in [-0.39, 0.29) is 23.3 Å². The fourth-order valence-electron chi connectivity index (χ4n) is 5.44. The number of hydrogen-bond acceptors (Lipinski definition) is 3. The van der Waals surface area contributed by atoms with Gasteiger partial charge in [0.05, 0.1) is 15.6 Å². The number of piperidine rings is 3. The van der Waals surface area contributed by atoms with E-state index >= 15 is 0 Å². The van der Waals surface area contributed by atoms with Crippen LogP contribution in [0, 0.1) is 11.7 Å². The van der Waals surface area contributed by atoms with Gasteiger partial charge in [-0.3, -0.25) is 9.69 Å². The SMILES string of the molecule is O=C(N[C@H]1C2CCN(CC2)C12CC2)c1cc2ccc(C3CC3)c(F)c2s1. The number of rotatable bonds is 3. The molecule has 1 amide bonds. The molecule has 5 heteroatoms. The molecule has 3 saturated heterocycles. The van der Waals surface area contributed by atoms with Gasteiger partial charge in [0.2, 0.25) is 0 Å². The van der Waals surface area contributed by atoms with Gasteiger partial charge in [0, 0.05) is 5.54 Å². The maximum absolute atomic E-state index is 14.8. The molecule has 2 aliphatic carbocycles. The van der Waals surface area contributed by atoms with Gasteiger partial charge < -0.3 is 5.32 Å². The minimum absolute atomic E-state index is 0.0106. The summed E-state index contributed by atoms with van der Waals surface area (Å²) in [5, 5.41) is 4.22. The molecule has 2 bridgehead atoms. The predicted molar refractivity (Wildman–Crippen MR) is 101 cm³/mol. The van der Waals surface area contributed by atoms with E-state index < -0.39 is 0 Å². The summed E-state index contributed by atoms with van der Waals surface area (Å²) >= 11 is 1.32. The van der Waals surface area contributed by atoms with Crippen LogP contribution in [0.4, 0.5) is 4.39 Å². The minimum atomic E-state index is -0.101. The molecule has 7 rings (SSSR count). The van der Waals surface area contributed by atoms with Crippen LogP contribution in [0.3, 0.4) is 0 Å². The summed E-state index contributed by atoms with van der Waals surface area (Å²) in [6.45, 7) is 2.38. The lowest BCUT2D eigenvalue weighted by atomic mass is 9.77. The Morgan fingerprint density at radius 2 is 1.96 bits per heavy atom. The second-order valence-corrected chi connectivity index (χ2v) is 9.70. The Balaban J connectivity index is 1.30. The Labute approximate surface area is 156 Å². The van der Waals surface area contributed by atoms with E-state index in [0.717, 1.165) is 23.8 Å². The van der Waals surface area contributed by atoms with Gasteiger partial charge in [-0.05, 0) is 80.5 Å². The highest BCUT2D eigenvalue weighted by Gasteiger charge is 2.60. The van der Waals surface area contributed by atoms with Crippen LogP contribution < -0.4 is 5.32 Å². The third kappa shape index (κ3) is 2.16. The highest BCUT2D eigenvalue weighted by Crippen LogP contribution is 2.53. The molecular weight excluding hydrogens is 347 g/mol. The van der Waals surface area contributed by atoms with Crippen LogP contribution in [-0.2, 0) is 0 Å². The molecule has 1 aromatic heterocycles. The number of hydrogen-bond donors (Lipinski definition) is 1. The fraction of sp³-hybridized carbons (Fsp3) is 0.571. The summed E-state index contributed by atoms with van der Waals surface area (Å²) in [6, 6.07) is 6.04. The number of halogens is 1. The lowest BCUT2D eigenvalue weighted by molar-refractivity contribution is -0.00138. The van der Waals surface area contributed by atoms with E-state index in [1.807, 2.05) is 18.2 Å². The first-order valence-corrected chi connectivity index (χ1v) is 10.8. The van der Waals surface area contributed by atoms with E-state index in [4.69, 9.17) is 0 Å². The van der Waals surface area contributed by atoms with Crippen LogP contribution in [0.15, 0.2) is 18.2 Å². The average molecular weight is 370 g/mol. The van der Waals surface area contributed by atoms with Gasteiger partial charge in [-0.15, -0.1) is 11.3 Å². The number of fused-ring (bicyclic) bond motifs is 3. The topological polar surface area (TPSA) is 32.3 Å². The van der Waals surface area contributed by atoms with Crippen molar-refractivity contribution in [3.8, 4) is 0 Å². The summed E-state index contributed by atoms with van der Waals surface area (Å²) in [4.78, 5) is 16.2.